The van der Waals surface area contributed by atoms with Crippen LogP contribution in [-0.4, -0.2) is 84.2 Å². The highest BCUT2D eigenvalue weighted by Gasteiger charge is 2.37. The molecule has 36 heavy (non-hydrogen) atoms. The van der Waals surface area contributed by atoms with Crippen molar-refractivity contribution in [2.24, 2.45) is 11.7 Å². The highest BCUT2D eigenvalue weighted by molar-refractivity contribution is 8.00. The Balaban J connectivity index is 2.49. The molecule has 12 nitrogen and oxygen atoms in total. The van der Waals surface area contributed by atoms with Crippen LogP contribution in [0.1, 0.15) is 58.8 Å². The van der Waals surface area contributed by atoms with E-state index in [1.165, 1.54) is 23.7 Å². The summed E-state index contributed by atoms with van der Waals surface area (Å²) in [5.74, 6) is -1.65. The number of urea groups is 1. The number of nitrogens with one attached hydrogen (secondary N) is 4. The molecule has 1 rings (SSSR count). The molecule has 0 aromatic rings. The number of thioether (sulfide) groups is 1. The smallest absolute Gasteiger partial charge is 0.312 e. The maximum absolute atomic E-state index is 12.9. The van der Waals surface area contributed by atoms with Gasteiger partial charge in [-0.05, 0) is 37.9 Å². The summed E-state index contributed by atoms with van der Waals surface area (Å²) in [6.45, 7) is 4.20. The van der Waals surface area contributed by atoms with Gasteiger partial charge in [-0.15, -0.1) is 0 Å². The van der Waals surface area contributed by atoms with E-state index < -0.39 is 24.0 Å². The van der Waals surface area contributed by atoms with Gasteiger partial charge in [-0.25, -0.2) is 4.79 Å². The molecule has 0 bridgehead atoms. The van der Waals surface area contributed by atoms with Gasteiger partial charge in [0.25, 0.3) is 0 Å². The molecule has 1 heterocycles. The van der Waals surface area contributed by atoms with Crippen LogP contribution in [0.2, 0.25) is 0 Å². The maximum atomic E-state index is 12.9. The Kier molecular flexibility index (Phi) is 13.9. The fraction of sp³-hybridized carbons (Fsp3) is 0.739. The standard InChI is InChI=1S/C23H40N6O6S/c1-14(2)19(21(33)27-15(20(32)25-3)9-8-11-26-23(24)35)28-17(30)10-6-5-7-12-29-18(31)13-16(36-4)22(29)34/h14-16,19H,5-13H2,1-4H3,(H,25,32)(H,27,33)(H,28,30)(H3,24,26,35)/t15-,16?,19-/m0/s1. The van der Waals surface area contributed by atoms with E-state index in [9.17, 15) is 28.8 Å². The molecule has 1 aliphatic rings. The number of carbonyl (C=O) groups is 6. The van der Waals surface area contributed by atoms with Crippen LogP contribution in [0.25, 0.3) is 0 Å². The zero-order chi connectivity index (χ0) is 27.3. The quantitative estimate of drug-likeness (QED) is 0.136. The lowest BCUT2D eigenvalue weighted by Gasteiger charge is -2.25. The number of rotatable bonds is 16. The molecule has 1 saturated heterocycles. The fourth-order valence-corrected chi connectivity index (χ4v) is 4.45. The van der Waals surface area contributed by atoms with E-state index >= 15 is 0 Å². The molecule has 0 aromatic carbocycles. The third-order valence-corrected chi connectivity index (χ3v) is 6.82. The summed E-state index contributed by atoms with van der Waals surface area (Å²) in [6.07, 6.45) is 4.77. The number of amides is 7. The van der Waals surface area contributed by atoms with Gasteiger partial charge in [-0.1, -0.05) is 20.3 Å². The average Bonchev–Trinajstić information content (AvgIpc) is 3.10. The summed E-state index contributed by atoms with van der Waals surface area (Å²) in [5, 5.41) is 10.1. The first kappa shape index (κ1) is 31.2. The molecule has 1 unspecified atom stereocenters. The van der Waals surface area contributed by atoms with Gasteiger partial charge in [0.05, 0.1) is 5.25 Å². The molecule has 1 aliphatic heterocycles. The predicted octanol–water partition coefficient (Wildman–Crippen LogP) is -0.143. The lowest BCUT2D eigenvalue weighted by Crippen LogP contribution is -2.55. The first-order valence-corrected chi connectivity index (χ1v) is 13.5. The maximum Gasteiger partial charge on any atom is 0.312 e. The number of hydrogen-bond acceptors (Lipinski definition) is 7. The van der Waals surface area contributed by atoms with Gasteiger partial charge in [0, 0.05) is 33.0 Å². The van der Waals surface area contributed by atoms with Gasteiger partial charge in [0.2, 0.25) is 29.5 Å². The lowest BCUT2D eigenvalue weighted by molar-refractivity contribution is -0.138. The summed E-state index contributed by atoms with van der Waals surface area (Å²) in [4.78, 5) is 73.7. The SMILES string of the molecule is CNC(=O)[C@H](CCCNC(N)=O)NC(=O)[C@@H](NC(=O)CCCCCN1C(=O)CC(SC)C1=O)C(C)C. The molecule has 0 aliphatic carbocycles. The minimum absolute atomic E-state index is 0.143. The molecule has 1 fully saturated rings. The van der Waals surface area contributed by atoms with Crippen molar-refractivity contribution in [3.05, 3.63) is 0 Å². The van der Waals surface area contributed by atoms with E-state index in [1.54, 1.807) is 13.8 Å². The Bertz CT molecular complexity index is 808. The highest BCUT2D eigenvalue weighted by Crippen LogP contribution is 2.23. The van der Waals surface area contributed by atoms with Gasteiger partial charge in [0.1, 0.15) is 12.1 Å². The molecule has 13 heteroatoms. The lowest BCUT2D eigenvalue weighted by atomic mass is 10.0. The van der Waals surface area contributed by atoms with E-state index in [1.807, 2.05) is 6.26 Å². The van der Waals surface area contributed by atoms with E-state index in [4.69, 9.17) is 5.73 Å². The second-order valence-corrected chi connectivity index (χ2v) is 10.1. The van der Waals surface area contributed by atoms with Crippen LogP contribution in [-0.2, 0) is 24.0 Å². The largest absolute Gasteiger partial charge is 0.357 e. The molecule has 0 radical (unpaired) electrons. The minimum Gasteiger partial charge on any atom is -0.357 e. The number of primary amides is 1. The van der Waals surface area contributed by atoms with Crippen LogP contribution in [0.5, 0.6) is 0 Å². The molecule has 204 valence electrons. The zero-order valence-electron chi connectivity index (χ0n) is 21.6. The van der Waals surface area contributed by atoms with Crippen LogP contribution in [0, 0.1) is 5.92 Å². The average molecular weight is 529 g/mol. The van der Waals surface area contributed by atoms with Gasteiger partial charge < -0.3 is 27.0 Å². The summed E-state index contributed by atoms with van der Waals surface area (Å²) < 4.78 is 0. The summed E-state index contributed by atoms with van der Waals surface area (Å²) in [7, 11) is 1.46. The van der Waals surface area contributed by atoms with E-state index in [0.29, 0.717) is 32.2 Å². The summed E-state index contributed by atoms with van der Waals surface area (Å²) in [6, 6.07) is -2.31. The third kappa shape index (κ3) is 10.4. The number of nitrogens with two attached hydrogens (primary N) is 1. The van der Waals surface area contributed by atoms with Gasteiger partial charge in [-0.2, -0.15) is 11.8 Å². The number of unbranched alkanes of at least 4 members (excludes halogenated alkanes) is 2. The topological polar surface area (TPSA) is 180 Å². The van der Waals surface area contributed by atoms with Crippen molar-refractivity contribution in [1.29, 1.82) is 0 Å². The number of imide groups is 1. The van der Waals surface area contributed by atoms with Crippen molar-refractivity contribution in [3.8, 4) is 0 Å². The summed E-state index contributed by atoms with van der Waals surface area (Å²) >= 11 is 1.38. The number of hydrogen-bond donors (Lipinski definition) is 5. The number of likely N-dealkylation sites (N-methyl/N-ethyl adjacent to an activating group) is 1. The molecular formula is C23H40N6O6S. The number of nitrogens with zero attached hydrogens (tertiary/aromatic N) is 1. The van der Waals surface area contributed by atoms with Crippen molar-refractivity contribution in [3.63, 3.8) is 0 Å². The van der Waals surface area contributed by atoms with E-state index in [0.717, 1.165) is 0 Å². The third-order valence-electron chi connectivity index (χ3n) is 5.89. The van der Waals surface area contributed by atoms with E-state index in [-0.39, 0.29) is 60.6 Å². The van der Waals surface area contributed by atoms with Crippen LogP contribution < -0.4 is 27.0 Å². The Morgan fingerprint density at radius 2 is 1.75 bits per heavy atom. The molecular weight excluding hydrogens is 488 g/mol. The van der Waals surface area contributed by atoms with Gasteiger partial charge in [0.15, 0.2) is 0 Å². The Morgan fingerprint density at radius 3 is 2.31 bits per heavy atom. The van der Waals surface area contributed by atoms with Crippen molar-refractivity contribution in [2.75, 3.05) is 26.4 Å². The Morgan fingerprint density at radius 1 is 1.06 bits per heavy atom. The van der Waals surface area contributed by atoms with Gasteiger partial charge >= 0.3 is 6.03 Å². The number of likely N-dealkylation sites (tertiary alicyclic amines) is 1. The fourth-order valence-electron chi connectivity index (χ4n) is 3.81. The monoisotopic (exact) mass is 528 g/mol. The van der Waals surface area contributed by atoms with Crippen LogP contribution in [0.3, 0.4) is 0 Å². The molecule has 0 saturated carbocycles. The Labute approximate surface area is 216 Å². The van der Waals surface area contributed by atoms with Crippen molar-refractivity contribution >= 4 is 47.3 Å². The molecule has 7 amide bonds. The van der Waals surface area contributed by atoms with Crippen LogP contribution in [0.15, 0.2) is 0 Å². The van der Waals surface area contributed by atoms with Crippen LogP contribution in [0.4, 0.5) is 4.79 Å². The molecule has 0 aromatic heterocycles. The second kappa shape index (κ2) is 16.0. The zero-order valence-corrected chi connectivity index (χ0v) is 22.4. The molecule has 6 N–H and O–H groups in total. The Hall–Kier alpha value is -2.83. The molecule has 0 spiro atoms. The number of carbonyl (C=O) groups excluding carboxylic acids is 6. The normalized spacial score (nSPS) is 17.0. The predicted molar refractivity (Wildman–Crippen MR) is 137 cm³/mol. The first-order chi connectivity index (χ1) is 17.0. The minimum atomic E-state index is -0.822. The second-order valence-electron chi connectivity index (χ2n) is 9.02. The molecule has 3 atom stereocenters. The van der Waals surface area contributed by atoms with E-state index in [2.05, 4.69) is 21.3 Å². The first-order valence-electron chi connectivity index (χ1n) is 12.2. The highest BCUT2D eigenvalue weighted by atomic mass is 32.2. The van der Waals surface area contributed by atoms with Gasteiger partial charge in [-0.3, -0.25) is 28.9 Å². The van der Waals surface area contributed by atoms with Crippen molar-refractivity contribution in [2.45, 2.75) is 76.1 Å². The van der Waals surface area contributed by atoms with Crippen molar-refractivity contribution < 1.29 is 28.8 Å². The summed E-state index contributed by atoms with van der Waals surface area (Å²) in [5.41, 5.74) is 5.03. The van der Waals surface area contributed by atoms with Crippen LogP contribution >= 0.6 is 11.8 Å². The van der Waals surface area contributed by atoms with Crippen molar-refractivity contribution in [1.82, 2.24) is 26.2 Å².